The van der Waals surface area contributed by atoms with Gasteiger partial charge in [0.15, 0.2) is 11.5 Å². The van der Waals surface area contributed by atoms with Gasteiger partial charge in [0.2, 0.25) is 0 Å². The molecule has 0 saturated heterocycles. The number of rotatable bonds is 5. The fraction of sp³-hybridized carbons (Fsp3) is 0.294. The molecule has 0 bridgehead atoms. The van der Waals surface area contributed by atoms with Gasteiger partial charge < -0.3 is 19.9 Å². The second kappa shape index (κ2) is 6.61. The van der Waals surface area contributed by atoms with Crippen molar-refractivity contribution in [2.75, 3.05) is 19.8 Å². The lowest BCUT2D eigenvalue weighted by atomic mass is 10.1. The molecule has 0 spiro atoms. The molecule has 2 aromatic rings. The summed E-state index contributed by atoms with van der Waals surface area (Å²) in [5.74, 6) is 1.52. The topological polar surface area (TPSA) is 50.7 Å². The average molecular weight is 285 g/mol. The standard InChI is InChI=1S/C17H19NO3/c19-12-15(18-11-13-4-2-1-3-5-13)14-6-7-16-17(10-14)21-9-8-20-16/h1-7,10,15,18-19H,8-9,11-12H2. The molecule has 110 valence electrons. The molecule has 4 heteroatoms. The molecule has 1 atom stereocenters. The molecule has 2 aromatic carbocycles. The van der Waals surface area contributed by atoms with Crippen LogP contribution in [0.25, 0.3) is 0 Å². The minimum atomic E-state index is -0.124. The Labute approximate surface area is 124 Å². The van der Waals surface area contributed by atoms with Gasteiger partial charge in [-0.15, -0.1) is 0 Å². The fourth-order valence-corrected chi connectivity index (χ4v) is 2.40. The Bertz CT molecular complexity index is 586. The van der Waals surface area contributed by atoms with Crippen molar-refractivity contribution < 1.29 is 14.6 Å². The van der Waals surface area contributed by atoms with Gasteiger partial charge in [0, 0.05) is 6.54 Å². The van der Waals surface area contributed by atoms with Gasteiger partial charge in [-0.25, -0.2) is 0 Å². The van der Waals surface area contributed by atoms with E-state index in [4.69, 9.17) is 9.47 Å². The number of ether oxygens (including phenoxy) is 2. The van der Waals surface area contributed by atoms with E-state index in [1.807, 2.05) is 36.4 Å². The predicted octanol–water partition coefficient (Wildman–Crippen LogP) is 2.28. The van der Waals surface area contributed by atoms with Crippen molar-refractivity contribution in [1.29, 1.82) is 0 Å². The van der Waals surface area contributed by atoms with Crippen molar-refractivity contribution in [1.82, 2.24) is 5.32 Å². The molecule has 1 heterocycles. The van der Waals surface area contributed by atoms with E-state index in [1.165, 1.54) is 5.56 Å². The molecule has 0 amide bonds. The normalized spacial score (nSPS) is 14.7. The van der Waals surface area contributed by atoms with E-state index in [1.54, 1.807) is 0 Å². The number of hydrogen-bond acceptors (Lipinski definition) is 4. The first-order chi connectivity index (χ1) is 10.4. The molecule has 1 aliphatic rings. The van der Waals surface area contributed by atoms with Crippen molar-refractivity contribution in [3.8, 4) is 11.5 Å². The summed E-state index contributed by atoms with van der Waals surface area (Å²) in [7, 11) is 0. The summed E-state index contributed by atoms with van der Waals surface area (Å²) in [5.41, 5.74) is 2.19. The second-order valence-electron chi connectivity index (χ2n) is 5.00. The van der Waals surface area contributed by atoms with Crippen LogP contribution in [0.2, 0.25) is 0 Å². The highest BCUT2D eigenvalue weighted by Gasteiger charge is 2.16. The van der Waals surface area contributed by atoms with Crippen LogP contribution in [-0.2, 0) is 6.54 Å². The summed E-state index contributed by atoms with van der Waals surface area (Å²) in [6.45, 7) is 1.90. The maximum Gasteiger partial charge on any atom is 0.161 e. The van der Waals surface area contributed by atoms with Gasteiger partial charge in [0.05, 0.1) is 12.6 Å². The number of aliphatic hydroxyl groups excluding tert-OH is 1. The van der Waals surface area contributed by atoms with Gasteiger partial charge in [-0.3, -0.25) is 0 Å². The highest BCUT2D eigenvalue weighted by molar-refractivity contribution is 5.44. The third-order valence-electron chi connectivity index (χ3n) is 3.55. The number of hydrogen-bond donors (Lipinski definition) is 2. The van der Waals surface area contributed by atoms with Crippen molar-refractivity contribution in [2.24, 2.45) is 0 Å². The summed E-state index contributed by atoms with van der Waals surface area (Å²) in [5, 5.41) is 13.0. The maximum atomic E-state index is 9.63. The minimum absolute atomic E-state index is 0.0342. The summed E-state index contributed by atoms with van der Waals surface area (Å²) in [6.07, 6.45) is 0. The Morgan fingerprint density at radius 3 is 2.52 bits per heavy atom. The molecule has 3 rings (SSSR count). The Morgan fingerprint density at radius 2 is 1.76 bits per heavy atom. The smallest absolute Gasteiger partial charge is 0.161 e. The van der Waals surface area contributed by atoms with E-state index in [0.29, 0.717) is 19.8 Å². The van der Waals surface area contributed by atoms with Gasteiger partial charge in [0.1, 0.15) is 13.2 Å². The zero-order chi connectivity index (χ0) is 14.5. The molecule has 0 fully saturated rings. The van der Waals surface area contributed by atoms with E-state index in [0.717, 1.165) is 17.1 Å². The van der Waals surface area contributed by atoms with E-state index in [-0.39, 0.29) is 12.6 Å². The van der Waals surface area contributed by atoms with Crippen molar-refractivity contribution in [2.45, 2.75) is 12.6 Å². The lowest BCUT2D eigenvalue weighted by molar-refractivity contribution is 0.171. The number of aliphatic hydroxyl groups is 1. The summed E-state index contributed by atoms with van der Waals surface area (Å²) in [4.78, 5) is 0. The zero-order valence-electron chi connectivity index (χ0n) is 11.8. The zero-order valence-corrected chi connectivity index (χ0v) is 11.8. The first kappa shape index (κ1) is 13.9. The quantitative estimate of drug-likeness (QED) is 0.885. The Balaban J connectivity index is 1.71. The molecular weight excluding hydrogens is 266 g/mol. The third kappa shape index (κ3) is 3.35. The van der Waals surface area contributed by atoms with Crippen LogP contribution in [0, 0.1) is 0 Å². The Kier molecular flexibility index (Phi) is 4.38. The molecule has 0 saturated carbocycles. The van der Waals surface area contributed by atoms with Crippen molar-refractivity contribution >= 4 is 0 Å². The number of fused-ring (bicyclic) bond motifs is 1. The van der Waals surface area contributed by atoms with Crippen LogP contribution >= 0.6 is 0 Å². The molecular formula is C17H19NO3. The number of nitrogens with one attached hydrogen (secondary N) is 1. The largest absolute Gasteiger partial charge is 0.486 e. The van der Waals surface area contributed by atoms with Crippen molar-refractivity contribution in [3.05, 3.63) is 59.7 Å². The van der Waals surface area contributed by atoms with Crippen LogP contribution < -0.4 is 14.8 Å². The first-order valence-corrected chi connectivity index (χ1v) is 7.14. The predicted molar refractivity (Wildman–Crippen MR) is 80.5 cm³/mol. The third-order valence-corrected chi connectivity index (χ3v) is 3.55. The molecule has 0 radical (unpaired) electrons. The molecule has 21 heavy (non-hydrogen) atoms. The molecule has 4 nitrogen and oxygen atoms in total. The Hall–Kier alpha value is -2.04. The first-order valence-electron chi connectivity index (χ1n) is 7.14. The van der Waals surface area contributed by atoms with Crippen LogP contribution in [0.4, 0.5) is 0 Å². The van der Waals surface area contributed by atoms with Crippen LogP contribution in [0.15, 0.2) is 48.5 Å². The summed E-state index contributed by atoms with van der Waals surface area (Å²) < 4.78 is 11.1. The van der Waals surface area contributed by atoms with Gasteiger partial charge in [-0.2, -0.15) is 0 Å². The molecule has 2 N–H and O–H groups in total. The minimum Gasteiger partial charge on any atom is -0.486 e. The molecule has 1 unspecified atom stereocenters. The van der Waals surface area contributed by atoms with Crippen LogP contribution in [0.1, 0.15) is 17.2 Å². The number of benzene rings is 2. The highest BCUT2D eigenvalue weighted by atomic mass is 16.6. The van der Waals surface area contributed by atoms with Crippen LogP contribution in [0.3, 0.4) is 0 Å². The summed E-state index contributed by atoms with van der Waals surface area (Å²) >= 11 is 0. The molecule has 1 aliphatic heterocycles. The molecule has 0 aliphatic carbocycles. The summed E-state index contributed by atoms with van der Waals surface area (Å²) in [6, 6.07) is 15.8. The van der Waals surface area contributed by atoms with E-state index in [9.17, 15) is 5.11 Å². The van der Waals surface area contributed by atoms with Gasteiger partial charge in [-0.05, 0) is 23.3 Å². The molecule has 0 aromatic heterocycles. The van der Waals surface area contributed by atoms with Crippen LogP contribution in [0.5, 0.6) is 11.5 Å². The lowest BCUT2D eigenvalue weighted by Crippen LogP contribution is -2.24. The fourth-order valence-electron chi connectivity index (χ4n) is 2.40. The second-order valence-corrected chi connectivity index (χ2v) is 5.00. The Morgan fingerprint density at radius 1 is 1.00 bits per heavy atom. The van der Waals surface area contributed by atoms with Gasteiger partial charge in [-0.1, -0.05) is 36.4 Å². The van der Waals surface area contributed by atoms with E-state index < -0.39 is 0 Å². The lowest BCUT2D eigenvalue weighted by Gasteiger charge is -2.22. The van der Waals surface area contributed by atoms with Crippen LogP contribution in [-0.4, -0.2) is 24.9 Å². The van der Waals surface area contributed by atoms with Crippen molar-refractivity contribution in [3.63, 3.8) is 0 Å². The van der Waals surface area contributed by atoms with E-state index in [2.05, 4.69) is 17.4 Å². The monoisotopic (exact) mass is 285 g/mol. The van der Waals surface area contributed by atoms with Gasteiger partial charge in [0.25, 0.3) is 0 Å². The van der Waals surface area contributed by atoms with Gasteiger partial charge >= 0.3 is 0 Å². The maximum absolute atomic E-state index is 9.63. The van der Waals surface area contributed by atoms with E-state index >= 15 is 0 Å². The highest BCUT2D eigenvalue weighted by Crippen LogP contribution is 2.32. The average Bonchev–Trinajstić information content (AvgIpc) is 2.56. The SMILES string of the molecule is OCC(NCc1ccccc1)c1ccc2c(c1)OCCO2.